The van der Waals surface area contributed by atoms with Gasteiger partial charge in [-0.05, 0) is 49.5 Å². The van der Waals surface area contributed by atoms with Gasteiger partial charge in [0.15, 0.2) is 0 Å². The summed E-state index contributed by atoms with van der Waals surface area (Å²) in [5.74, 6) is -0.141. The summed E-state index contributed by atoms with van der Waals surface area (Å²) in [6.45, 7) is 2.80. The smallest absolute Gasteiger partial charge is 0.255 e. The maximum absolute atomic E-state index is 13.2. The van der Waals surface area contributed by atoms with Crippen molar-refractivity contribution < 1.29 is 14.4 Å². The van der Waals surface area contributed by atoms with Crippen molar-refractivity contribution in [3.05, 3.63) is 52.4 Å². The molecule has 0 saturated carbocycles. The van der Waals surface area contributed by atoms with Gasteiger partial charge in [-0.25, -0.2) is 4.98 Å². The minimum atomic E-state index is -0.612. The first-order chi connectivity index (χ1) is 16.0. The molecule has 0 radical (unpaired) electrons. The van der Waals surface area contributed by atoms with Crippen LogP contribution in [0.4, 0.5) is 5.82 Å². The van der Waals surface area contributed by atoms with Gasteiger partial charge >= 0.3 is 0 Å². The molecule has 0 spiro atoms. The van der Waals surface area contributed by atoms with Crippen molar-refractivity contribution in [2.75, 3.05) is 18.0 Å². The summed E-state index contributed by atoms with van der Waals surface area (Å²) in [7, 11) is 0. The van der Waals surface area contributed by atoms with E-state index in [2.05, 4.69) is 25.5 Å². The van der Waals surface area contributed by atoms with E-state index < -0.39 is 11.9 Å². The van der Waals surface area contributed by atoms with E-state index in [1.807, 2.05) is 18.2 Å². The predicted octanol–water partition coefficient (Wildman–Crippen LogP) is 1.65. The Morgan fingerprint density at radius 1 is 1.12 bits per heavy atom. The fraction of sp³-hybridized carbons (Fsp3) is 0.435. The number of amides is 3. The van der Waals surface area contributed by atoms with Gasteiger partial charge in [-0.15, -0.1) is 0 Å². The number of nitrogens with one attached hydrogen (secondary N) is 2. The minimum absolute atomic E-state index is 0.169. The highest BCUT2D eigenvalue weighted by atomic mass is 35.5. The van der Waals surface area contributed by atoms with Crippen LogP contribution in [-0.2, 0) is 22.7 Å². The fourth-order valence-electron chi connectivity index (χ4n) is 4.88. The molecule has 33 heavy (non-hydrogen) atoms. The highest BCUT2D eigenvalue weighted by Crippen LogP contribution is 2.30. The number of hydrogen-bond acceptors (Lipinski definition) is 7. The van der Waals surface area contributed by atoms with Gasteiger partial charge in [0, 0.05) is 31.1 Å². The number of benzene rings is 1. The van der Waals surface area contributed by atoms with Crippen molar-refractivity contribution in [3.8, 4) is 0 Å². The Balaban J connectivity index is 1.38. The van der Waals surface area contributed by atoms with Crippen LogP contribution in [0.3, 0.4) is 0 Å². The molecule has 3 aliphatic rings. The molecular weight excluding hydrogens is 444 g/mol. The summed E-state index contributed by atoms with van der Waals surface area (Å²) in [5.41, 5.74) is 2.48. The van der Waals surface area contributed by atoms with Gasteiger partial charge in [0.1, 0.15) is 17.0 Å². The van der Waals surface area contributed by atoms with Crippen LogP contribution in [-0.4, -0.2) is 57.8 Å². The van der Waals surface area contributed by atoms with Crippen LogP contribution in [0.2, 0.25) is 5.15 Å². The van der Waals surface area contributed by atoms with Crippen LogP contribution in [0, 0.1) is 0 Å². The third-order valence-corrected chi connectivity index (χ3v) is 6.76. The third-order valence-electron chi connectivity index (χ3n) is 6.58. The van der Waals surface area contributed by atoms with E-state index >= 15 is 0 Å². The maximum Gasteiger partial charge on any atom is 0.255 e. The number of nitrogens with zero attached hydrogens (tertiary/aromatic N) is 4. The predicted molar refractivity (Wildman–Crippen MR) is 122 cm³/mol. The number of carbonyl (C=O) groups is 3. The second kappa shape index (κ2) is 9.07. The lowest BCUT2D eigenvalue weighted by atomic mass is 10.0. The van der Waals surface area contributed by atoms with Gasteiger partial charge in [0.25, 0.3) is 5.91 Å². The molecule has 2 fully saturated rings. The first-order valence-corrected chi connectivity index (χ1v) is 11.6. The fourth-order valence-corrected chi connectivity index (χ4v) is 5.03. The molecule has 3 amide bonds. The molecular formula is C23H25ClN6O3. The molecule has 10 heteroatoms. The molecule has 2 N–H and O–H groups in total. The van der Waals surface area contributed by atoms with Crippen LogP contribution in [0.1, 0.15) is 47.2 Å². The number of carbonyl (C=O) groups excluding carboxylic acids is 3. The first-order valence-electron chi connectivity index (χ1n) is 11.2. The Morgan fingerprint density at radius 2 is 1.94 bits per heavy atom. The summed E-state index contributed by atoms with van der Waals surface area (Å²) >= 11 is 6.12. The zero-order valence-corrected chi connectivity index (χ0v) is 18.8. The lowest BCUT2D eigenvalue weighted by molar-refractivity contribution is -0.136. The van der Waals surface area contributed by atoms with Crippen LogP contribution >= 0.6 is 11.6 Å². The van der Waals surface area contributed by atoms with Gasteiger partial charge in [0.2, 0.25) is 11.8 Å². The lowest BCUT2D eigenvalue weighted by Crippen LogP contribution is -2.52. The maximum atomic E-state index is 13.2. The molecule has 2 saturated heterocycles. The van der Waals surface area contributed by atoms with Gasteiger partial charge < -0.3 is 15.1 Å². The highest BCUT2D eigenvalue weighted by Gasteiger charge is 2.39. The zero-order chi connectivity index (χ0) is 22.9. The Labute approximate surface area is 196 Å². The lowest BCUT2D eigenvalue weighted by Gasteiger charge is -2.35. The van der Waals surface area contributed by atoms with E-state index in [0.29, 0.717) is 36.0 Å². The Hall–Kier alpha value is -3.04. The van der Waals surface area contributed by atoms with Crippen LogP contribution in [0.5, 0.6) is 0 Å². The zero-order valence-electron chi connectivity index (χ0n) is 18.1. The molecule has 4 heterocycles. The third kappa shape index (κ3) is 4.43. The van der Waals surface area contributed by atoms with Gasteiger partial charge in [0.05, 0.1) is 12.4 Å². The van der Waals surface area contributed by atoms with Crippen molar-refractivity contribution in [3.63, 3.8) is 0 Å². The number of hydrogen-bond donors (Lipinski definition) is 2. The van der Waals surface area contributed by atoms with Crippen LogP contribution < -0.4 is 15.5 Å². The van der Waals surface area contributed by atoms with E-state index in [-0.39, 0.29) is 24.3 Å². The number of piperidine rings is 2. The molecule has 9 nitrogen and oxygen atoms in total. The van der Waals surface area contributed by atoms with E-state index in [0.717, 1.165) is 37.1 Å². The van der Waals surface area contributed by atoms with Crippen LogP contribution in [0.25, 0.3) is 0 Å². The first kappa shape index (κ1) is 21.8. The second-order valence-corrected chi connectivity index (χ2v) is 9.09. The monoisotopic (exact) mass is 468 g/mol. The van der Waals surface area contributed by atoms with Crippen molar-refractivity contribution >= 4 is 35.1 Å². The largest absolute Gasteiger partial charge is 0.348 e. The number of imide groups is 1. The Kier molecular flexibility index (Phi) is 5.99. The molecule has 1 aromatic carbocycles. The molecule has 3 aliphatic heterocycles. The molecule has 0 aliphatic carbocycles. The average Bonchev–Trinajstić information content (AvgIpc) is 3.14. The number of fused-ring (bicyclic) bond motifs is 1. The normalized spacial score (nSPS) is 21.2. The van der Waals surface area contributed by atoms with E-state index in [4.69, 9.17) is 11.6 Å². The van der Waals surface area contributed by atoms with Crippen LogP contribution in [0.15, 0.2) is 30.6 Å². The summed E-state index contributed by atoms with van der Waals surface area (Å²) in [4.78, 5) is 49.4. The van der Waals surface area contributed by atoms with Crippen molar-refractivity contribution in [1.29, 1.82) is 0 Å². The Morgan fingerprint density at radius 3 is 2.70 bits per heavy atom. The van der Waals surface area contributed by atoms with E-state index in [1.165, 1.54) is 6.20 Å². The molecule has 5 rings (SSSR count). The van der Waals surface area contributed by atoms with E-state index in [1.54, 1.807) is 11.1 Å². The molecule has 1 unspecified atom stereocenters. The SMILES string of the molecule is O=C1CCC(N2Cc3ccc(CN(c4cncc(Cl)n4)C4CCNCC4)cc3C2=O)C(=O)N1. The number of anilines is 1. The summed E-state index contributed by atoms with van der Waals surface area (Å²) in [5, 5.41) is 6.07. The van der Waals surface area contributed by atoms with Gasteiger partial charge in [-0.2, -0.15) is 0 Å². The summed E-state index contributed by atoms with van der Waals surface area (Å²) in [6.07, 6.45) is 5.78. The standard InChI is InChI=1S/C23H25ClN6O3/c24-19-10-26-11-20(27-19)29(16-5-7-25-8-6-16)12-14-1-2-15-13-30(23(33)17(15)9-14)18-3-4-21(31)28-22(18)32/h1-2,9-11,16,18,25H,3-8,12-13H2,(H,28,31,32). The number of aromatic nitrogens is 2. The van der Waals surface area contributed by atoms with Gasteiger partial charge in [-0.1, -0.05) is 23.7 Å². The van der Waals surface area contributed by atoms with Gasteiger partial charge in [-0.3, -0.25) is 24.7 Å². The topological polar surface area (TPSA) is 108 Å². The molecule has 1 aromatic heterocycles. The van der Waals surface area contributed by atoms with E-state index in [9.17, 15) is 14.4 Å². The molecule has 2 aromatic rings. The number of rotatable bonds is 5. The second-order valence-electron chi connectivity index (χ2n) is 8.70. The number of halogens is 1. The minimum Gasteiger partial charge on any atom is -0.348 e. The van der Waals surface area contributed by atoms with Crippen molar-refractivity contribution in [1.82, 2.24) is 25.5 Å². The quantitative estimate of drug-likeness (QED) is 0.642. The summed E-state index contributed by atoms with van der Waals surface area (Å²) in [6, 6.07) is 5.56. The Bertz CT molecular complexity index is 1100. The molecule has 0 bridgehead atoms. The summed E-state index contributed by atoms with van der Waals surface area (Å²) < 4.78 is 0. The molecule has 1 atom stereocenters. The molecule has 172 valence electrons. The highest BCUT2D eigenvalue weighted by molar-refractivity contribution is 6.29. The average molecular weight is 469 g/mol. The van der Waals surface area contributed by atoms with Crippen molar-refractivity contribution in [2.24, 2.45) is 0 Å². The van der Waals surface area contributed by atoms with Crippen molar-refractivity contribution in [2.45, 2.75) is 50.9 Å².